The molecule has 0 saturated carbocycles. The standard InChI is InChI=1S/C15H11FN2O/c1-9-10(6-7-14-12(9)8-17-18-14)15(19)11-4-2-3-5-13(11)16/h2-8H,1H3,(H,17,18). The van der Waals surface area contributed by atoms with Crippen molar-refractivity contribution in [2.45, 2.75) is 6.92 Å². The minimum absolute atomic E-state index is 0.0912. The Morgan fingerprint density at radius 3 is 2.74 bits per heavy atom. The zero-order valence-electron chi connectivity index (χ0n) is 10.3. The van der Waals surface area contributed by atoms with Crippen LogP contribution in [0.3, 0.4) is 0 Å². The van der Waals surface area contributed by atoms with E-state index >= 15 is 0 Å². The maximum atomic E-state index is 13.7. The van der Waals surface area contributed by atoms with E-state index in [0.29, 0.717) is 5.56 Å². The summed E-state index contributed by atoms with van der Waals surface area (Å²) >= 11 is 0. The Bertz CT molecular complexity index is 777. The fourth-order valence-corrected chi connectivity index (χ4v) is 2.20. The van der Waals surface area contributed by atoms with Crippen molar-refractivity contribution >= 4 is 16.7 Å². The second kappa shape index (κ2) is 4.31. The predicted octanol–water partition coefficient (Wildman–Crippen LogP) is 3.24. The van der Waals surface area contributed by atoms with E-state index in [4.69, 9.17) is 0 Å². The topological polar surface area (TPSA) is 45.8 Å². The summed E-state index contributed by atoms with van der Waals surface area (Å²) in [6.45, 7) is 1.84. The molecule has 3 rings (SSSR count). The van der Waals surface area contributed by atoms with Gasteiger partial charge in [-0.1, -0.05) is 12.1 Å². The molecular weight excluding hydrogens is 243 g/mol. The molecule has 3 nitrogen and oxygen atoms in total. The number of nitrogens with zero attached hydrogens (tertiary/aromatic N) is 1. The predicted molar refractivity (Wildman–Crippen MR) is 70.7 cm³/mol. The van der Waals surface area contributed by atoms with E-state index in [1.165, 1.54) is 12.1 Å². The van der Waals surface area contributed by atoms with Gasteiger partial charge in [-0.3, -0.25) is 9.89 Å². The number of benzene rings is 2. The molecule has 19 heavy (non-hydrogen) atoms. The van der Waals surface area contributed by atoms with Crippen molar-refractivity contribution in [2.24, 2.45) is 0 Å². The SMILES string of the molecule is Cc1c(C(=O)c2ccccc2F)ccc2[nH]ncc12. The molecule has 0 aliphatic carbocycles. The van der Waals surface area contributed by atoms with Gasteiger partial charge in [-0.2, -0.15) is 5.10 Å². The van der Waals surface area contributed by atoms with Gasteiger partial charge in [0, 0.05) is 10.9 Å². The molecule has 94 valence electrons. The summed E-state index contributed by atoms with van der Waals surface area (Å²) in [6, 6.07) is 9.49. The van der Waals surface area contributed by atoms with Crippen LogP contribution in [0.1, 0.15) is 21.5 Å². The van der Waals surface area contributed by atoms with Crippen LogP contribution in [0.5, 0.6) is 0 Å². The number of carbonyl (C=O) groups excluding carboxylic acids is 1. The monoisotopic (exact) mass is 254 g/mol. The third-order valence-electron chi connectivity index (χ3n) is 3.26. The molecule has 0 aliphatic rings. The molecule has 0 bridgehead atoms. The summed E-state index contributed by atoms with van der Waals surface area (Å²) in [5.74, 6) is -0.808. The molecule has 0 unspecified atom stereocenters. The van der Waals surface area contributed by atoms with Crippen LogP contribution in [-0.2, 0) is 0 Å². The van der Waals surface area contributed by atoms with E-state index in [2.05, 4.69) is 10.2 Å². The minimum atomic E-state index is -0.501. The van der Waals surface area contributed by atoms with Crippen molar-refractivity contribution in [1.82, 2.24) is 10.2 Å². The van der Waals surface area contributed by atoms with Crippen molar-refractivity contribution in [3.63, 3.8) is 0 Å². The molecule has 0 saturated heterocycles. The van der Waals surface area contributed by atoms with Crippen molar-refractivity contribution in [1.29, 1.82) is 0 Å². The highest BCUT2D eigenvalue weighted by atomic mass is 19.1. The molecule has 0 spiro atoms. The van der Waals surface area contributed by atoms with Crippen LogP contribution < -0.4 is 0 Å². The third kappa shape index (κ3) is 1.81. The highest BCUT2D eigenvalue weighted by Crippen LogP contribution is 2.23. The fourth-order valence-electron chi connectivity index (χ4n) is 2.20. The van der Waals surface area contributed by atoms with Crippen LogP contribution in [0.15, 0.2) is 42.6 Å². The summed E-state index contributed by atoms with van der Waals surface area (Å²) in [5.41, 5.74) is 2.26. The van der Waals surface area contributed by atoms with Crippen LogP contribution in [0, 0.1) is 12.7 Å². The number of aromatic amines is 1. The molecule has 3 aromatic rings. The van der Waals surface area contributed by atoms with E-state index < -0.39 is 5.82 Å². The van der Waals surface area contributed by atoms with Gasteiger partial charge in [-0.15, -0.1) is 0 Å². The third-order valence-corrected chi connectivity index (χ3v) is 3.26. The second-order valence-corrected chi connectivity index (χ2v) is 4.38. The molecule has 1 N–H and O–H groups in total. The van der Waals surface area contributed by atoms with Gasteiger partial charge in [0.25, 0.3) is 0 Å². The van der Waals surface area contributed by atoms with Crippen molar-refractivity contribution in [3.8, 4) is 0 Å². The first-order valence-corrected chi connectivity index (χ1v) is 5.90. The smallest absolute Gasteiger partial charge is 0.196 e. The maximum absolute atomic E-state index is 13.7. The Morgan fingerprint density at radius 1 is 1.16 bits per heavy atom. The van der Waals surface area contributed by atoms with Crippen molar-refractivity contribution in [3.05, 3.63) is 65.1 Å². The van der Waals surface area contributed by atoms with Crippen LogP contribution in [0.2, 0.25) is 0 Å². The van der Waals surface area contributed by atoms with Gasteiger partial charge in [0.05, 0.1) is 17.3 Å². The van der Waals surface area contributed by atoms with Gasteiger partial charge in [-0.25, -0.2) is 4.39 Å². The minimum Gasteiger partial charge on any atom is -0.288 e. The lowest BCUT2D eigenvalue weighted by molar-refractivity contribution is 0.103. The largest absolute Gasteiger partial charge is 0.288 e. The molecule has 0 amide bonds. The number of rotatable bonds is 2. The quantitative estimate of drug-likeness (QED) is 0.713. The number of carbonyl (C=O) groups is 1. The van der Waals surface area contributed by atoms with Gasteiger partial charge < -0.3 is 0 Å². The molecule has 0 radical (unpaired) electrons. The van der Waals surface area contributed by atoms with Gasteiger partial charge >= 0.3 is 0 Å². The molecule has 0 atom stereocenters. The van der Waals surface area contributed by atoms with Crippen molar-refractivity contribution < 1.29 is 9.18 Å². The Balaban J connectivity index is 2.17. The van der Waals surface area contributed by atoms with Crippen LogP contribution in [0.4, 0.5) is 4.39 Å². The molecule has 2 aromatic carbocycles. The highest BCUT2D eigenvalue weighted by Gasteiger charge is 2.17. The Labute approximate surface area is 109 Å². The summed E-state index contributed by atoms with van der Waals surface area (Å²) in [6.07, 6.45) is 1.67. The zero-order chi connectivity index (χ0) is 13.4. The zero-order valence-corrected chi connectivity index (χ0v) is 10.3. The van der Waals surface area contributed by atoms with Gasteiger partial charge in [0.2, 0.25) is 0 Å². The number of aryl methyl sites for hydroxylation is 1. The summed E-state index contributed by atoms with van der Waals surface area (Å²) in [4.78, 5) is 12.4. The molecule has 4 heteroatoms. The van der Waals surface area contributed by atoms with E-state index in [9.17, 15) is 9.18 Å². The fraction of sp³-hybridized carbons (Fsp3) is 0.0667. The molecule has 0 aliphatic heterocycles. The average Bonchev–Trinajstić information content (AvgIpc) is 2.88. The number of hydrogen-bond acceptors (Lipinski definition) is 2. The van der Waals surface area contributed by atoms with Crippen molar-refractivity contribution in [2.75, 3.05) is 0 Å². The Morgan fingerprint density at radius 2 is 1.95 bits per heavy atom. The van der Waals surface area contributed by atoms with E-state index in [1.807, 2.05) is 6.92 Å². The summed E-state index contributed by atoms with van der Waals surface area (Å²) in [5, 5.41) is 7.66. The molecule has 1 aromatic heterocycles. The van der Waals surface area contributed by atoms with E-state index in [0.717, 1.165) is 16.5 Å². The summed E-state index contributed by atoms with van der Waals surface area (Å²) in [7, 11) is 0. The van der Waals surface area contributed by atoms with Gasteiger partial charge in [0.1, 0.15) is 5.82 Å². The lowest BCUT2D eigenvalue weighted by Gasteiger charge is -2.06. The lowest BCUT2D eigenvalue weighted by atomic mass is 9.96. The van der Waals surface area contributed by atoms with Crippen LogP contribution >= 0.6 is 0 Å². The normalized spacial score (nSPS) is 10.8. The van der Waals surface area contributed by atoms with Crippen LogP contribution in [-0.4, -0.2) is 16.0 Å². The number of ketones is 1. The summed E-state index contributed by atoms with van der Waals surface area (Å²) < 4.78 is 13.7. The van der Waals surface area contributed by atoms with Gasteiger partial charge in [0.15, 0.2) is 5.78 Å². The average molecular weight is 254 g/mol. The van der Waals surface area contributed by atoms with Crippen LogP contribution in [0.25, 0.3) is 10.9 Å². The number of halogens is 1. The number of aromatic nitrogens is 2. The Hall–Kier alpha value is -2.49. The highest BCUT2D eigenvalue weighted by molar-refractivity contribution is 6.12. The van der Waals surface area contributed by atoms with E-state index in [-0.39, 0.29) is 11.3 Å². The number of nitrogens with one attached hydrogen (secondary N) is 1. The first-order chi connectivity index (χ1) is 9.18. The lowest BCUT2D eigenvalue weighted by Crippen LogP contribution is -2.06. The van der Waals surface area contributed by atoms with E-state index in [1.54, 1.807) is 30.5 Å². The first-order valence-electron chi connectivity index (χ1n) is 5.90. The maximum Gasteiger partial charge on any atom is 0.196 e. The molecular formula is C15H11FN2O. The Kier molecular flexibility index (Phi) is 2.63. The van der Waals surface area contributed by atoms with Gasteiger partial charge in [-0.05, 0) is 36.8 Å². The second-order valence-electron chi connectivity index (χ2n) is 4.38. The number of fused-ring (bicyclic) bond motifs is 1. The molecule has 1 heterocycles. The number of H-pyrrole nitrogens is 1. The first kappa shape index (κ1) is 11.6. The molecule has 0 fully saturated rings. The number of hydrogen-bond donors (Lipinski definition) is 1.